The minimum atomic E-state index is 1.18. The van der Waals surface area contributed by atoms with E-state index in [0.29, 0.717) is 0 Å². The van der Waals surface area contributed by atoms with Crippen LogP contribution in [0.1, 0.15) is 39.2 Å². The van der Waals surface area contributed by atoms with Crippen LogP contribution in [0, 0.1) is 0 Å². The van der Waals surface area contributed by atoms with Crippen molar-refractivity contribution < 1.29 is 0 Å². The van der Waals surface area contributed by atoms with Crippen LogP contribution in [0.3, 0.4) is 0 Å². The molecule has 0 saturated heterocycles. The smallest absolute Gasteiger partial charge is 0.0184 e. The van der Waals surface area contributed by atoms with E-state index in [1.54, 1.807) is 0 Å². The minimum Gasteiger partial charge on any atom is -0.0656 e. The number of rotatable bonds is 3. The highest BCUT2D eigenvalue weighted by molar-refractivity contribution is 5.63. The predicted octanol–water partition coefficient (Wildman–Crippen LogP) is 5.72. The van der Waals surface area contributed by atoms with Gasteiger partial charge in [-0.2, -0.15) is 0 Å². The lowest BCUT2D eigenvalue weighted by Gasteiger charge is -2.03. The molecule has 0 heterocycles. The standard InChI is InChI=1S/C15H16.C3H8/c1-2-6-13-9-11-15(12-10-13)14-7-4-3-5-8-14;1-3-2/h3-5,7-12H,2,6H2,1H3;3H2,1-2H3. The topological polar surface area (TPSA) is 0 Å². The molecule has 0 N–H and O–H groups in total. The minimum absolute atomic E-state index is 1.18. The molecule has 0 unspecified atom stereocenters. The van der Waals surface area contributed by atoms with Gasteiger partial charge in [0, 0.05) is 0 Å². The molecule has 2 rings (SSSR count). The maximum Gasteiger partial charge on any atom is -0.0184 e. The molecule has 0 nitrogen and oxygen atoms in total. The maximum absolute atomic E-state index is 2.23. The number of hydrogen-bond acceptors (Lipinski definition) is 0. The molecule has 0 amide bonds. The summed E-state index contributed by atoms with van der Waals surface area (Å²) in [6.07, 6.45) is 3.64. The van der Waals surface area contributed by atoms with Crippen molar-refractivity contribution in [3.05, 3.63) is 60.2 Å². The molecule has 0 aliphatic carbocycles. The van der Waals surface area contributed by atoms with Crippen LogP contribution in [-0.2, 0) is 6.42 Å². The Hall–Kier alpha value is -1.56. The van der Waals surface area contributed by atoms with Crippen molar-refractivity contribution in [3.63, 3.8) is 0 Å². The third-order valence-electron chi connectivity index (χ3n) is 2.60. The van der Waals surface area contributed by atoms with E-state index >= 15 is 0 Å². The van der Waals surface area contributed by atoms with Gasteiger partial charge in [-0.05, 0) is 23.1 Å². The van der Waals surface area contributed by atoms with Gasteiger partial charge in [0.1, 0.15) is 0 Å². The summed E-state index contributed by atoms with van der Waals surface area (Å²) < 4.78 is 0. The molecule has 0 fully saturated rings. The molecule has 0 spiro atoms. The van der Waals surface area contributed by atoms with Gasteiger partial charge in [0.05, 0.1) is 0 Å². The Balaban J connectivity index is 0.000000492. The number of aryl methyl sites for hydroxylation is 1. The third kappa shape index (κ3) is 4.75. The zero-order valence-corrected chi connectivity index (χ0v) is 11.8. The molecule has 0 saturated carbocycles. The van der Waals surface area contributed by atoms with E-state index in [0.717, 1.165) is 0 Å². The molecule has 96 valence electrons. The van der Waals surface area contributed by atoms with E-state index in [2.05, 4.69) is 75.4 Å². The fourth-order valence-corrected chi connectivity index (χ4v) is 1.78. The van der Waals surface area contributed by atoms with Crippen molar-refractivity contribution in [2.45, 2.75) is 40.0 Å². The van der Waals surface area contributed by atoms with Crippen LogP contribution in [0.15, 0.2) is 54.6 Å². The van der Waals surface area contributed by atoms with Crippen molar-refractivity contribution in [1.82, 2.24) is 0 Å². The van der Waals surface area contributed by atoms with Crippen molar-refractivity contribution in [3.8, 4) is 11.1 Å². The van der Waals surface area contributed by atoms with Crippen LogP contribution in [-0.4, -0.2) is 0 Å². The van der Waals surface area contributed by atoms with Crippen molar-refractivity contribution in [1.29, 1.82) is 0 Å². The Morgan fingerprint density at radius 1 is 0.667 bits per heavy atom. The summed E-state index contributed by atoms with van der Waals surface area (Å²) in [6, 6.07) is 19.4. The molecule has 2 aromatic carbocycles. The summed E-state index contributed by atoms with van der Waals surface area (Å²) in [7, 11) is 0. The maximum atomic E-state index is 2.23. The van der Waals surface area contributed by atoms with E-state index in [1.165, 1.54) is 36.0 Å². The van der Waals surface area contributed by atoms with Gasteiger partial charge in [-0.15, -0.1) is 0 Å². The molecular formula is C18H24. The van der Waals surface area contributed by atoms with Gasteiger partial charge in [-0.25, -0.2) is 0 Å². The summed E-state index contributed by atoms with van der Waals surface area (Å²) in [5, 5.41) is 0. The quantitative estimate of drug-likeness (QED) is 0.643. The van der Waals surface area contributed by atoms with Gasteiger partial charge in [-0.1, -0.05) is 88.2 Å². The lowest BCUT2D eigenvalue weighted by molar-refractivity contribution is 0.922. The monoisotopic (exact) mass is 240 g/mol. The fourth-order valence-electron chi connectivity index (χ4n) is 1.78. The SMILES string of the molecule is CCC.CCCc1ccc(-c2ccccc2)cc1. The molecule has 0 heteroatoms. The van der Waals surface area contributed by atoms with Crippen LogP contribution < -0.4 is 0 Å². The molecular weight excluding hydrogens is 216 g/mol. The summed E-state index contributed by atoms with van der Waals surface area (Å²) in [5.41, 5.74) is 4.02. The normalized spacial score (nSPS) is 9.50. The Labute approximate surface area is 112 Å². The second kappa shape index (κ2) is 8.52. The van der Waals surface area contributed by atoms with Crippen LogP contribution >= 0.6 is 0 Å². The Morgan fingerprint density at radius 3 is 1.67 bits per heavy atom. The van der Waals surface area contributed by atoms with Gasteiger partial charge in [0.25, 0.3) is 0 Å². The molecule has 0 aliphatic rings. The second-order valence-corrected chi connectivity index (χ2v) is 4.52. The molecule has 2 aromatic rings. The molecule has 0 atom stereocenters. The zero-order valence-electron chi connectivity index (χ0n) is 11.8. The van der Waals surface area contributed by atoms with Gasteiger partial charge in [0.2, 0.25) is 0 Å². The molecule has 18 heavy (non-hydrogen) atoms. The van der Waals surface area contributed by atoms with Gasteiger partial charge in [-0.3, -0.25) is 0 Å². The van der Waals surface area contributed by atoms with E-state index in [1.807, 2.05) is 0 Å². The predicted molar refractivity (Wildman–Crippen MR) is 81.8 cm³/mol. The molecule has 0 bridgehead atoms. The first kappa shape index (κ1) is 14.5. The van der Waals surface area contributed by atoms with Crippen molar-refractivity contribution in [2.75, 3.05) is 0 Å². The lowest BCUT2D eigenvalue weighted by atomic mass is 10.0. The van der Waals surface area contributed by atoms with E-state index in [9.17, 15) is 0 Å². The number of hydrogen-bond donors (Lipinski definition) is 0. The fraction of sp³-hybridized carbons (Fsp3) is 0.333. The Kier molecular flexibility index (Phi) is 6.86. The van der Waals surface area contributed by atoms with E-state index < -0.39 is 0 Å². The van der Waals surface area contributed by atoms with Crippen LogP contribution in [0.2, 0.25) is 0 Å². The zero-order chi connectivity index (χ0) is 13.2. The summed E-state index contributed by atoms with van der Waals surface area (Å²) in [5.74, 6) is 0. The summed E-state index contributed by atoms with van der Waals surface area (Å²) >= 11 is 0. The first-order chi connectivity index (χ1) is 8.81. The van der Waals surface area contributed by atoms with E-state index in [4.69, 9.17) is 0 Å². The first-order valence-electron chi connectivity index (χ1n) is 6.96. The highest BCUT2D eigenvalue weighted by atomic mass is 14.0. The third-order valence-corrected chi connectivity index (χ3v) is 2.60. The van der Waals surface area contributed by atoms with E-state index in [-0.39, 0.29) is 0 Å². The second-order valence-electron chi connectivity index (χ2n) is 4.52. The van der Waals surface area contributed by atoms with Gasteiger partial charge < -0.3 is 0 Å². The largest absolute Gasteiger partial charge is 0.0656 e. The Bertz CT molecular complexity index is 412. The summed E-state index contributed by atoms with van der Waals surface area (Å²) in [6.45, 7) is 6.46. The van der Waals surface area contributed by atoms with Crippen LogP contribution in [0.5, 0.6) is 0 Å². The Morgan fingerprint density at radius 2 is 1.17 bits per heavy atom. The van der Waals surface area contributed by atoms with Gasteiger partial charge in [0.15, 0.2) is 0 Å². The van der Waals surface area contributed by atoms with Crippen molar-refractivity contribution >= 4 is 0 Å². The average molecular weight is 240 g/mol. The lowest BCUT2D eigenvalue weighted by Crippen LogP contribution is -1.83. The van der Waals surface area contributed by atoms with Crippen molar-refractivity contribution in [2.24, 2.45) is 0 Å². The average Bonchev–Trinajstić information content (AvgIpc) is 2.42. The molecule has 0 radical (unpaired) electrons. The van der Waals surface area contributed by atoms with Crippen LogP contribution in [0.25, 0.3) is 11.1 Å². The summed E-state index contributed by atoms with van der Waals surface area (Å²) in [4.78, 5) is 0. The van der Waals surface area contributed by atoms with Crippen LogP contribution in [0.4, 0.5) is 0 Å². The highest BCUT2D eigenvalue weighted by Crippen LogP contribution is 2.19. The molecule has 0 aliphatic heterocycles. The first-order valence-corrected chi connectivity index (χ1v) is 6.96. The molecule has 0 aromatic heterocycles. The number of benzene rings is 2. The van der Waals surface area contributed by atoms with Gasteiger partial charge >= 0.3 is 0 Å². The highest BCUT2D eigenvalue weighted by Gasteiger charge is 1.96.